The van der Waals surface area contributed by atoms with E-state index in [2.05, 4.69) is 4.98 Å². The van der Waals surface area contributed by atoms with Crippen LogP contribution in [0.5, 0.6) is 0 Å². The van der Waals surface area contributed by atoms with Gasteiger partial charge in [-0.15, -0.1) is 0 Å². The lowest BCUT2D eigenvalue weighted by atomic mass is 10.1. The van der Waals surface area contributed by atoms with Crippen LogP contribution in [0.4, 0.5) is 4.39 Å². The van der Waals surface area contributed by atoms with E-state index >= 15 is 0 Å². The molecule has 31 heavy (non-hydrogen) atoms. The van der Waals surface area contributed by atoms with Gasteiger partial charge in [0.05, 0.1) is 11.6 Å². The van der Waals surface area contributed by atoms with E-state index in [1.54, 1.807) is 12.1 Å². The summed E-state index contributed by atoms with van der Waals surface area (Å²) in [4.78, 5) is 28.4. The van der Waals surface area contributed by atoms with Crippen LogP contribution in [0.25, 0.3) is 10.8 Å². The Morgan fingerprint density at radius 1 is 1.03 bits per heavy atom. The van der Waals surface area contributed by atoms with Gasteiger partial charge in [-0.05, 0) is 41.0 Å². The number of fused-ring (bicyclic) bond motifs is 1. The Balaban J connectivity index is 1.70. The molecule has 0 amide bonds. The number of benzene rings is 3. The van der Waals surface area contributed by atoms with Crippen LogP contribution in [0, 0.1) is 5.82 Å². The van der Waals surface area contributed by atoms with Gasteiger partial charge >= 0.3 is 5.69 Å². The minimum Gasteiger partial charge on any atom is -0.356 e. The van der Waals surface area contributed by atoms with Crippen LogP contribution in [0.3, 0.4) is 0 Å². The Kier molecular flexibility index (Phi) is 6.34. The van der Waals surface area contributed by atoms with Crippen molar-refractivity contribution in [2.75, 3.05) is 0 Å². The smallest absolute Gasteiger partial charge is 0.331 e. The van der Waals surface area contributed by atoms with E-state index in [0.717, 1.165) is 15.7 Å². The average Bonchev–Trinajstić information content (AvgIpc) is 2.76. The molecule has 0 aliphatic carbocycles. The normalized spacial score (nSPS) is 11.2. The zero-order valence-electron chi connectivity index (χ0n) is 16.9. The predicted octanol–water partition coefficient (Wildman–Crippen LogP) is 4.72. The van der Waals surface area contributed by atoms with Crippen LogP contribution in [0.15, 0.2) is 86.2 Å². The number of ether oxygens (including phenoxy) is 1. The molecule has 0 aliphatic heterocycles. The molecule has 7 heteroatoms. The van der Waals surface area contributed by atoms with Gasteiger partial charge in [-0.25, -0.2) is 9.18 Å². The Morgan fingerprint density at radius 2 is 1.81 bits per heavy atom. The molecule has 0 spiro atoms. The predicted molar refractivity (Wildman–Crippen MR) is 120 cm³/mol. The van der Waals surface area contributed by atoms with Crippen molar-refractivity contribution >= 4 is 22.5 Å². The maximum absolute atomic E-state index is 13.4. The lowest BCUT2D eigenvalue weighted by Crippen LogP contribution is -2.34. The van der Waals surface area contributed by atoms with Crippen molar-refractivity contribution in [3.05, 3.63) is 105 Å². The number of rotatable bonds is 7. The molecule has 158 valence electrons. The fraction of sp³-hybridized carbons (Fsp3) is 0.167. The molecule has 4 aromatic rings. The standard InChI is InChI=1S/C24H21FN2O3S/c1-2-19-22(28)26-24(29)27(15-30-14-16-7-5-10-18(25)13-16)23(19)31-21-12-6-9-17-8-3-4-11-20(17)21/h3-13H,2,14-15H2,1H3,(H,26,28,29). The van der Waals surface area contributed by atoms with Crippen molar-refractivity contribution in [1.29, 1.82) is 0 Å². The largest absolute Gasteiger partial charge is 0.356 e. The molecule has 0 bridgehead atoms. The number of aromatic nitrogens is 2. The maximum Gasteiger partial charge on any atom is 0.331 e. The van der Waals surface area contributed by atoms with Crippen molar-refractivity contribution in [1.82, 2.24) is 9.55 Å². The van der Waals surface area contributed by atoms with Crippen LogP contribution in [-0.4, -0.2) is 9.55 Å². The lowest BCUT2D eigenvalue weighted by molar-refractivity contribution is 0.0549. The SMILES string of the molecule is CCc1c(Sc2cccc3ccccc23)n(COCc2cccc(F)c2)c(=O)[nH]c1=O. The first kappa shape index (κ1) is 21.1. The molecule has 0 atom stereocenters. The minimum absolute atomic E-state index is 0.0633. The van der Waals surface area contributed by atoms with E-state index in [1.807, 2.05) is 49.4 Å². The molecule has 1 N–H and O–H groups in total. The number of aromatic amines is 1. The maximum atomic E-state index is 13.4. The molecule has 0 radical (unpaired) electrons. The summed E-state index contributed by atoms with van der Waals surface area (Å²) in [5, 5.41) is 2.66. The number of nitrogens with one attached hydrogen (secondary N) is 1. The molecule has 0 aliphatic rings. The lowest BCUT2D eigenvalue weighted by Gasteiger charge is -2.16. The number of H-pyrrole nitrogens is 1. The Morgan fingerprint density at radius 3 is 2.61 bits per heavy atom. The van der Waals surface area contributed by atoms with Gasteiger partial charge in [0.25, 0.3) is 5.56 Å². The Labute approximate surface area is 182 Å². The third-order valence-corrected chi connectivity index (χ3v) is 6.17. The molecule has 1 aromatic heterocycles. The Bertz CT molecular complexity index is 1340. The van der Waals surface area contributed by atoms with E-state index in [9.17, 15) is 14.0 Å². The summed E-state index contributed by atoms with van der Waals surface area (Å²) in [7, 11) is 0. The Hall–Kier alpha value is -3.16. The van der Waals surface area contributed by atoms with Crippen molar-refractivity contribution in [2.45, 2.75) is 36.6 Å². The minimum atomic E-state index is -0.538. The molecule has 3 aromatic carbocycles. The number of halogens is 1. The summed E-state index contributed by atoms with van der Waals surface area (Å²) in [6.45, 7) is 1.95. The highest BCUT2D eigenvalue weighted by molar-refractivity contribution is 7.99. The van der Waals surface area contributed by atoms with E-state index in [-0.39, 0.29) is 19.2 Å². The highest BCUT2D eigenvalue weighted by atomic mass is 32.2. The summed E-state index contributed by atoms with van der Waals surface area (Å²) in [6.07, 6.45) is 0.465. The molecule has 1 heterocycles. The monoisotopic (exact) mass is 436 g/mol. The second-order valence-corrected chi connectivity index (χ2v) is 8.04. The first-order valence-electron chi connectivity index (χ1n) is 9.90. The van der Waals surface area contributed by atoms with Crippen LogP contribution >= 0.6 is 11.8 Å². The summed E-state index contributed by atoms with van der Waals surface area (Å²) in [5.41, 5.74) is 0.254. The van der Waals surface area contributed by atoms with Crippen LogP contribution < -0.4 is 11.2 Å². The molecular weight excluding hydrogens is 415 g/mol. The molecular formula is C24H21FN2O3S. The second-order valence-electron chi connectivity index (χ2n) is 7.01. The molecule has 0 saturated heterocycles. The van der Waals surface area contributed by atoms with Gasteiger partial charge in [0, 0.05) is 10.5 Å². The first-order chi connectivity index (χ1) is 15.1. The van der Waals surface area contributed by atoms with Gasteiger partial charge in [-0.2, -0.15) is 0 Å². The first-order valence-corrected chi connectivity index (χ1v) is 10.7. The van der Waals surface area contributed by atoms with Crippen molar-refractivity contribution in [3.8, 4) is 0 Å². The van der Waals surface area contributed by atoms with Crippen LogP contribution in [0.2, 0.25) is 0 Å². The number of nitrogens with zero attached hydrogens (tertiary/aromatic N) is 1. The molecule has 0 unspecified atom stereocenters. The van der Waals surface area contributed by atoms with Gasteiger partial charge in [-0.1, -0.05) is 67.2 Å². The topological polar surface area (TPSA) is 64.1 Å². The van der Waals surface area contributed by atoms with Gasteiger partial charge in [-0.3, -0.25) is 14.3 Å². The van der Waals surface area contributed by atoms with Crippen LogP contribution in [-0.2, 0) is 24.5 Å². The van der Waals surface area contributed by atoms with E-state index in [4.69, 9.17) is 4.74 Å². The molecule has 5 nitrogen and oxygen atoms in total. The van der Waals surface area contributed by atoms with Gasteiger partial charge in [0.2, 0.25) is 0 Å². The second kappa shape index (κ2) is 9.32. The molecule has 0 saturated carbocycles. The van der Waals surface area contributed by atoms with E-state index in [1.165, 1.54) is 28.5 Å². The van der Waals surface area contributed by atoms with E-state index in [0.29, 0.717) is 22.6 Å². The highest BCUT2D eigenvalue weighted by Crippen LogP contribution is 2.34. The summed E-state index contributed by atoms with van der Waals surface area (Å²) in [5.74, 6) is -0.345. The molecule has 4 rings (SSSR count). The van der Waals surface area contributed by atoms with Crippen molar-refractivity contribution in [2.24, 2.45) is 0 Å². The average molecular weight is 437 g/mol. The summed E-state index contributed by atoms with van der Waals surface area (Å²) >= 11 is 1.37. The highest BCUT2D eigenvalue weighted by Gasteiger charge is 2.16. The zero-order chi connectivity index (χ0) is 21.8. The van der Waals surface area contributed by atoms with Gasteiger partial charge in [0.1, 0.15) is 12.5 Å². The summed E-state index contributed by atoms with van der Waals surface area (Å²) < 4.78 is 20.5. The third kappa shape index (κ3) is 4.62. The van der Waals surface area contributed by atoms with Gasteiger partial charge < -0.3 is 4.74 Å². The fourth-order valence-electron chi connectivity index (χ4n) is 3.41. The number of hydrogen-bond acceptors (Lipinski definition) is 4. The zero-order valence-corrected chi connectivity index (χ0v) is 17.7. The van der Waals surface area contributed by atoms with Crippen LogP contribution in [0.1, 0.15) is 18.1 Å². The summed E-state index contributed by atoms with van der Waals surface area (Å²) in [6, 6.07) is 20.0. The third-order valence-electron chi connectivity index (χ3n) is 4.93. The fourth-order valence-corrected chi connectivity index (χ4v) is 4.67. The van der Waals surface area contributed by atoms with Crippen molar-refractivity contribution in [3.63, 3.8) is 0 Å². The quantitative estimate of drug-likeness (QED) is 0.426. The number of hydrogen-bond donors (Lipinski definition) is 1. The molecule has 0 fully saturated rings. The van der Waals surface area contributed by atoms with Gasteiger partial charge in [0.15, 0.2) is 0 Å². The van der Waals surface area contributed by atoms with Crippen molar-refractivity contribution < 1.29 is 9.13 Å². The van der Waals surface area contributed by atoms with E-state index < -0.39 is 11.2 Å².